The molecule has 0 saturated carbocycles. The Bertz CT molecular complexity index is 301. The Balaban J connectivity index is 1.88. The second-order valence-electron chi connectivity index (χ2n) is 4.53. The number of hydrogen-bond acceptors (Lipinski definition) is 2. The summed E-state index contributed by atoms with van der Waals surface area (Å²) < 4.78 is 5.06. The van der Waals surface area contributed by atoms with Gasteiger partial charge in [0.05, 0.1) is 0 Å². The van der Waals surface area contributed by atoms with Crippen LogP contribution in [0.2, 0.25) is 0 Å². The Morgan fingerprint density at radius 3 is 2.75 bits per heavy atom. The van der Waals surface area contributed by atoms with Crippen molar-refractivity contribution in [3.05, 3.63) is 35.4 Å². The van der Waals surface area contributed by atoms with Crippen molar-refractivity contribution in [3.8, 4) is 0 Å². The molecule has 2 heteroatoms. The second-order valence-corrected chi connectivity index (χ2v) is 4.53. The van der Waals surface area contributed by atoms with E-state index in [0.717, 1.165) is 31.9 Å². The van der Waals surface area contributed by atoms with Crippen LogP contribution in [0, 0.1) is 0 Å². The van der Waals surface area contributed by atoms with Gasteiger partial charge in [0.2, 0.25) is 0 Å². The molecule has 0 aliphatic carbocycles. The number of benzene rings is 1. The maximum absolute atomic E-state index is 5.06. The molecular formula is C14H21NO. The first kappa shape index (κ1) is 11.6. The molecule has 88 valence electrons. The smallest absolute Gasteiger partial charge is 0.0465 e. The second kappa shape index (κ2) is 6.02. The Morgan fingerprint density at radius 2 is 2.12 bits per heavy atom. The lowest BCUT2D eigenvalue weighted by atomic mass is 9.96. The maximum atomic E-state index is 5.06. The van der Waals surface area contributed by atoms with Crippen molar-refractivity contribution in [2.24, 2.45) is 0 Å². The molecule has 0 aromatic heterocycles. The van der Waals surface area contributed by atoms with Crippen LogP contribution in [-0.2, 0) is 11.2 Å². The predicted octanol–water partition coefficient (Wildman–Crippen LogP) is 2.34. The summed E-state index contributed by atoms with van der Waals surface area (Å²) in [6.45, 7) is 3.16. The normalized spacial score (nSPS) is 20.2. The van der Waals surface area contributed by atoms with Gasteiger partial charge in [-0.2, -0.15) is 0 Å². The third-order valence-corrected chi connectivity index (χ3v) is 3.33. The fourth-order valence-electron chi connectivity index (χ4n) is 2.32. The fraction of sp³-hybridized carbons (Fsp3) is 0.571. The molecule has 2 rings (SSSR count). The maximum Gasteiger partial charge on any atom is 0.0465 e. The SMILES string of the molecule is COCCCc1ccc(C2CCNC2)cc1. The van der Waals surface area contributed by atoms with Crippen molar-refractivity contribution in [1.29, 1.82) is 0 Å². The van der Waals surface area contributed by atoms with E-state index in [4.69, 9.17) is 4.74 Å². The van der Waals surface area contributed by atoms with Gasteiger partial charge in [-0.1, -0.05) is 24.3 Å². The zero-order valence-corrected chi connectivity index (χ0v) is 10.0. The van der Waals surface area contributed by atoms with Crippen LogP contribution in [0.1, 0.15) is 29.9 Å². The molecule has 1 N–H and O–H groups in total. The minimum atomic E-state index is 0.730. The van der Waals surface area contributed by atoms with Crippen molar-refractivity contribution >= 4 is 0 Å². The van der Waals surface area contributed by atoms with Gasteiger partial charge in [-0.05, 0) is 42.9 Å². The average Bonchev–Trinajstić information content (AvgIpc) is 2.84. The first-order valence-corrected chi connectivity index (χ1v) is 6.18. The van der Waals surface area contributed by atoms with Gasteiger partial charge in [0.15, 0.2) is 0 Å². The van der Waals surface area contributed by atoms with E-state index in [1.54, 1.807) is 7.11 Å². The van der Waals surface area contributed by atoms with E-state index in [-0.39, 0.29) is 0 Å². The summed E-state index contributed by atoms with van der Waals surface area (Å²) >= 11 is 0. The Morgan fingerprint density at radius 1 is 1.31 bits per heavy atom. The monoisotopic (exact) mass is 219 g/mol. The standard InChI is InChI=1S/C14H21NO/c1-16-10-2-3-12-4-6-13(7-5-12)14-8-9-15-11-14/h4-7,14-15H,2-3,8-11H2,1H3. The van der Waals surface area contributed by atoms with Crippen LogP contribution >= 0.6 is 0 Å². The Hall–Kier alpha value is -0.860. The lowest BCUT2D eigenvalue weighted by Crippen LogP contribution is -2.07. The highest BCUT2D eigenvalue weighted by Crippen LogP contribution is 2.22. The molecule has 1 aromatic rings. The molecule has 1 aromatic carbocycles. The number of nitrogens with one attached hydrogen (secondary N) is 1. The van der Waals surface area contributed by atoms with Gasteiger partial charge in [-0.15, -0.1) is 0 Å². The minimum absolute atomic E-state index is 0.730. The van der Waals surface area contributed by atoms with Crippen molar-refractivity contribution in [3.63, 3.8) is 0 Å². The molecule has 1 unspecified atom stereocenters. The van der Waals surface area contributed by atoms with Gasteiger partial charge in [-0.3, -0.25) is 0 Å². The van der Waals surface area contributed by atoms with Crippen molar-refractivity contribution in [2.45, 2.75) is 25.2 Å². The third kappa shape index (κ3) is 3.06. The molecule has 0 bridgehead atoms. The summed E-state index contributed by atoms with van der Waals surface area (Å²) in [6.07, 6.45) is 3.51. The molecule has 0 spiro atoms. The third-order valence-electron chi connectivity index (χ3n) is 3.33. The lowest BCUT2D eigenvalue weighted by Gasteiger charge is -2.09. The summed E-state index contributed by atoms with van der Waals surface area (Å²) in [5.74, 6) is 0.730. The largest absolute Gasteiger partial charge is 0.385 e. The first-order chi connectivity index (χ1) is 7.90. The average molecular weight is 219 g/mol. The molecule has 1 heterocycles. The van der Waals surface area contributed by atoms with Crippen LogP contribution in [0.3, 0.4) is 0 Å². The van der Waals surface area contributed by atoms with E-state index in [1.807, 2.05) is 0 Å². The summed E-state index contributed by atoms with van der Waals surface area (Å²) in [7, 11) is 1.76. The van der Waals surface area contributed by atoms with Gasteiger partial charge in [-0.25, -0.2) is 0 Å². The van der Waals surface area contributed by atoms with Gasteiger partial charge >= 0.3 is 0 Å². The van der Waals surface area contributed by atoms with Crippen LogP contribution in [0.5, 0.6) is 0 Å². The molecule has 2 nitrogen and oxygen atoms in total. The fourth-order valence-corrected chi connectivity index (χ4v) is 2.32. The first-order valence-electron chi connectivity index (χ1n) is 6.18. The van der Waals surface area contributed by atoms with E-state index in [2.05, 4.69) is 29.6 Å². The lowest BCUT2D eigenvalue weighted by molar-refractivity contribution is 0.195. The van der Waals surface area contributed by atoms with Crippen molar-refractivity contribution < 1.29 is 4.74 Å². The minimum Gasteiger partial charge on any atom is -0.385 e. The van der Waals surface area contributed by atoms with Crippen molar-refractivity contribution in [2.75, 3.05) is 26.8 Å². The highest BCUT2D eigenvalue weighted by molar-refractivity contribution is 5.26. The molecule has 1 atom stereocenters. The van der Waals surface area contributed by atoms with E-state index < -0.39 is 0 Å². The number of ether oxygens (including phenoxy) is 1. The van der Waals surface area contributed by atoms with Gasteiger partial charge in [0.1, 0.15) is 0 Å². The summed E-state index contributed by atoms with van der Waals surface area (Å²) in [5, 5.41) is 3.41. The van der Waals surface area contributed by atoms with Gasteiger partial charge in [0, 0.05) is 20.3 Å². The van der Waals surface area contributed by atoms with Crippen LogP contribution < -0.4 is 5.32 Å². The molecule has 0 radical (unpaired) electrons. The van der Waals surface area contributed by atoms with Crippen LogP contribution in [0.4, 0.5) is 0 Å². The predicted molar refractivity (Wildman–Crippen MR) is 66.9 cm³/mol. The van der Waals surface area contributed by atoms with Gasteiger partial charge in [0.25, 0.3) is 0 Å². The number of aryl methyl sites for hydroxylation is 1. The summed E-state index contributed by atoms with van der Waals surface area (Å²) in [5.41, 5.74) is 2.91. The number of methoxy groups -OCH3 is 1. The highest BCUT2D eigenvalue weighted by Gasteiger charge is 2.15. The van der Waals surface area contributed by atoms with Gasteiger partial charge < -0.3 is 10.1 Å². The molecule has 16 heavy (non-hydrogen) atoms. The molecule has 1 saturated heterocycles. The van der Waals surface area contributed by atoms with E-state index in [9.17, 15) is 0 Å². The summed E-state index contributed by atoms with van der Waals surface area (Å²) in [6, 6.07) is 9.12. The van der Waals surface area contributed by atoms with E-state index in [0.29, 0.717) is 0 Å². The molecule has 1 aliphatic rings. The molecular weight excluding hydrogens is 198 g/mol. The topological polar surface area (TPSA) is 21.3 Å². The van der Waals surface area contributed by atoms with Crippen LogP contribution in [-0.4, -0.2) is 26.8 Å². The summed E-state index contributed by atoms with van der Waals surface area (Å²) in [4.78, 5) is 0. The Labute approximate surface area is 98.0 Å². The molecule has 1 aliphatic heterocycles. The Kier molecular flexibility index (Phi) is 4.37. The quantitative estimate of drug-likeness (QED) is 0.768. The zero-order valence-electron chi connectivity index (χ0n) is 10.0. The zero-order chi connectivity index (χ0) is 11.2. The van der Waals surface area contributed by atoms with Crippen LogP contribution in [0.25, 0.3) is 0 Å². The van der Waals surface area contributed by atoms with Crippen molar-refractivity contribution in [1.82, 2.24) is 5.32 Å². The number of hydrogen-bond donors (Lipinski definition) is 1. The number of rotatable bonds is 5. The molecule has 0 amide bonds. The molecule has 1 fully saturated rings. The van der Waals surface area contributed by atoms with E-state index >= 15 is 0 Å². The van der Waals surface area contributed by atoms with Crippen LogP contribution in [0.15, 0.2) is 24.3 Å². The highest BCUT2D eigenvalue weighted by atomic mass is 16.5. The van der Waals surface area contributed by atoms with E-state index in [1.165, 1.54) is 24.1 Å².